The molecule has 0 fully saturated rings. The second kappa shape index (κ2) is 10.3. The van der Waals surface area contributed by atoms with E-state index in [0.717, 1.165) is 39.0 Å². The Labute approximate surface area is 251 Å². The molecule has 0 aliphatic rings. The summed E-state index contributed by atoms with van der Waals surface area (Å²) in [5.74, 6) is -4.29. The molecule has 44 heavy (non-hydrogen) atoms. The van der Waals surface area contributed by atoms with Crippen LogP contribution in [0.1, 0.15) is 16.7 Å². The number of hydrogen-bond acceptors (Lipinski definition) is 7. The molecule has 0 aliphatic heterocycles. The summed E-state index contributed by atoms with van der Waals surface area (Å²) in [5.41, 5.74) is 2.50. The summed E-state index contributed by atoms with van der Waals surface area (Å²) in [6, 6.07) is 27.8. The molecule has 5 aromatic carbocycles. The number of aromatic nitrogens is 3. The lowest BCUT2D eigenvalue weighted by Crippen LogP contribution is -2.03. The van der Waals surface area contributed by atoms with Crippen LogP contribution in [0.5, 0.6) is 0 Å². The van der Waals surface area contributed by atoms with Gasteiger partial charge in [-0.05, 0) is 35.4 Å². The fraction of sp³-hybridized carbons (Fsp3) is 0. The molecule has 6 nitrogen and oxygen atoms in total. The SMILES string of the molecule is N#Cc1cccc(-c2nc3ccccc3c3c2cc(-c2ccc(-c4c(F)c(C#N)c(F)c(C#N)c4F)cc2)c2nsnc23)c1. The molecular formula is C34H13F3N6S. The number of para-hydroxylation sites is 1. The lowest BCUT2D eigenvalue weighted by Gasteiger charge is -2.14. The summed E-state index contributed by atoms with van der Waals surface area (Å²) in [4.78, 5) is 4.97. The Kier molecular flexibility index (Phi) is 6.25. The third-order valence-corrected chi connectivity index (χ3v) is 8.02. The first kappa shape index (κ1) is 26.7. The summed E-state index contributed by atoms with van der Waals surface area (Å²) in [7, 11) is 0. The minimum Gasteiger partial charge on any atom is -0.247 e. The van der Waals surface area contributed by atoms with Gasteiger partial charge in [0.2, 0.25) is 0 Å². The first-order chi connectivity index (χ1) is 21.4. The molecule has 0 aliphatic carbocycles. The summed E-state index contributed by atoms with van der Waals surface area (Å²) in [6.45, 7) is 0. The highest BCUT2D eigenvalue weighted by molar-refractivity contribution is 7.00. The van der Waals surface area contributed by atoms with Gasteiger partial charge in [0, 0.05) is 27.3 Å². The lowest BCUT2D eigenvalue weighted by molar-refractivity contribution is 0.539. The fourth-order valence-corrected chi connectivity index (χ4v) is 6.04. The van der Waals surface area contributed by atoms with Gasteiger partial charge in [-0.3, -0.25) is 0 Å². The predicted octanol–water partition coefficient (Wildman–Crippen LogP) is 8.43. The van der Waals surface area contributed by atoms with Gasteiger partial charge in [0.1, 0.15) is 34.3 Å². The van der Waals surface area contributed by atoms with E-state index in [0.29, 0.717) is 33.4 Å². The van der Waals surface area contributed by atoms with Gasteiger partial charge in [-0.25, -0.2) is 18.2 Å². The Balaban J connectivity index is 1.49. The van der Waals surface area contributed by atoms with E-state index in [1.54, 1.807) is 30.3 Å². The maximum absolute atomic E-state index is 15.1. The van der Waals surface area contributed by atoms with Gasteiger partial charge in [0.15, 0.2) is 17.5 Å². The van der Waals surface area contributed by atoms with Crippen LogP contribution in [0.3, 0.4) is 0 Å². The average molecular weight is 595 g/mol. The van der Waals surface area contributed by atoms with E-state index in [1.807, 2.05) is 36.4 Å². The van der Waals surface area contributed by atoms with E-state index in [2.05, 4.69) is 14.8 Å². The van der Waals surface area contributed by atoms with E-state index >= 15 is 8.78 Å². The van der Waals surface area contributed by atoms with Crippen molar-refractivity contribution in [2.75, 3.05) is 0 Å². The Morgan fingerprint density at radius 3 is 2.00 bits per heavy atom. The highest BCUT2D eigenvalue weighted by Gasteiger charge is 2.26. The van der Waals surface area contributed by atoms with Crippen molar-refractivity contribution < 1.29 is 13.2 Å². The zero-order valence-corrected chi connectivity index (χ0v) is 23.0. The predicted molar refractivity (Wildman–Crippen MR) is 161 cm³/mol. The largest absolute Gasteiger partial charge is 0.247 e. The smallest absolute Gasteiger partial charge is 0.164 e. The average Bonchev–Trinajstić information content (AvgIpc) is 3.55. The third kappa shape index (κ3) is 3.96. The van der Waals surface area contributed by atoms with Crippen LogP contribution in [0.25, 0.3) is 66.2 Å². The molecule has 0 radical (unpaired) electrons. The Bertz CT molecular complexity index is 2430. The molecule has 0 N–H and O–H groups in total. The number of fused-ring (bicyclic) bond motifs is 5. The molecule has 0 unspecified atom stereocenters. The number of nitriles is 3. The van der Waals surface area contributed by atoms with Crippen LogP contribution in [0.2, 0.25) is 0 Å². The molecule has 7 aromatic rings. The van der Waals surface area contributed by atoms with Gasteiger partial charge < -0.3 is 0 Å². The zero-order valence-electron chi connectivity index (χ0n) is 22.2. The van der Waals surface area contributed by atoms with E-state index in [4.69, 9.17) is 4.98 Å². The number of hydrogen-bond donors (Lipinski definition) is 0. The van der Waals surface area contributed by atoms with Gasteiger partial charge in [-0.1, -0.05) is 54.6 Å². The van der Waals surface area contributed by atoms with Crippen LogP contribution in [-0.4, -0.2) is 13.7 Å². The van der Waals surface area contributed by atoms with E-state index in [9.17, 15) is 20.2 Å². The number of halogens is 3. The molecule has 0 bridgehead atoms. The van der Waals surface area contributed by atoms with E-state index < -0.39 is 34.1 Å². The molecule has 206 valence electrons. The molecule has 0 saturated carbocycles. The molecule has 0 atom stereocenters. The van der Waals surface area contributed by atoms with Gasteiger partial charge in [-0.2, -0.15) is 24.5 Å². The van der Waals surface area contributed by atoms with Crippen molar-refractivity contribution >= 4 is 44.4 Å². The minimum atomic E-state index is -1.53. The van der Waals surface area contributed by atoms with Crippen molar-refractivity contribution in [2.45, 2.75) is 0 Å². The molecule has 7 rings (SSSR count). The lowest BCUT2D eigenvalue weighted by atomic mass is 9.92. The van der Waals surface area contributed by atoms with Crippen molar-refractivity contribution in [1.82, 2.24) is 13.7 Å². The van der Waals surface area contributed by atoms with Crippen molar-refractivity contribution in [3.8, 4) is 51.7 Å². The first-order valence-corrected chi connectivity index (χ1v) is 13.8. The Morgan fingerprint density at radius 2 is 1.30 bits per heavy atom. The van der Waals surface area contributed by atoms with Crippen molar-refractivity contribution in [3.63, 3.8) is 0 Å². The van der Waals surface area contributed by atoms with Gasteiger partial charge >= 0.3 is 0 Å². The summed E-state index contributed by atoms with van der Waals surface area (Å²) in [5, 5.41) is 30.5. The van der Waals surface area contributed by atoms with E-state index in [-0.39, 0.29) is 5.56 Å². The Morgan fingerprint density at radius 1 is 0.614 bits per heavy atom. The fourth-order valence-electron chi connectivity index (χ4n) is 5.47. The van der Waals surface area contributed by atoms with Crippen LogP contribution in [0.4, 0.5) is 13.2 Å². The number of benzene rings is 5. The minimum absolute atomic E-state index is 0.0202. The van der Waals surface area contributed by atoms with Crippen LogP contribution < -0.4 is 0 Å². The highest BCUT2D eigenvalue weighted by atomic mass is 32.1. The Hall–Kier alpha value is -6.15. The van der Waals surface area contributed by atoms with Gasteiger partial charge in [-0.15, -0.1) is 0 Å². The normalized spacial score (nSPS) is 11.0. The molecule has 2 aromatic heterocycles. The number of rotatable bonds is 3. The molecule has 10 heteroatoms. The monoisotopic (exact) mass is 594 g/mol. The zero-order chi connectivity index (χ0) is 30.5. The topological polar surface area (TPSA) is 110 Å². The van der Waals surface area contributed by atoms with Crippen LogP contribution in [0, 0.1) is 51.4 Å². The van der Waals surface area contributed by atoms with Crippen molar-refractivity contribution in [3.05, 3.63) is 113 Å². The van der Waals surface area contributed by atoms with Gasteiger partial charge in [0.05, 0.1) is 40.1 Å². The number of pyridine rings is 1. The molecule has 0 saturated heterocycles. The third-order valence-electron chi connectivity index (χ3n) is 7.49. The van der Waals surface area contributed by atoms with E-state index in [1.165, 1.54) is 24.3 Å². The molecule has 2 heterocycles. The highest BCUT2D eigenvalue weighted by Crippen LogP contribution is 2.41. The van der Waals surface area contributed by atoms with Crippen LogP contribution in [0.15, 0.2) is 78.9 Å². The summed E-state index contributed by atoms with van der Waals surface area (Å²) >= 11 is 1.05. The molecule has 0 amide bonds. The van der Waals surface area contributed by atoms with Crippen LogP contribution >= 0.6 is 11.7 Å². The summed E-state index contributed by atoms with van der Waals surface area (Å²) in [6.07, 6.45) is 0. The first-order valence-electron chi connectivity index (χ1n) is 13.0. The molecular weight excluding hydrogens is 581 g/mol. The quantitative estimate of drug-likeness (QED) is 0.190. The maximum atomic E-state index is 15.1. The molecule has 0 spiro atoms. The van der Waals surface area contributed by atoms with Gasteiger partial charge in [0.25, 0.3) is 0 Å². The summed E-state index contributed by atoms with van der Waals surface area (Å²) < 4.78 is 53.8. The van der Waals surface area contributed by atoms with Crippen molar-refractivity contribution in [1.29, 1.82) is 15.8 Å². The van der Waals surface area contributed by atoms with Crippen molar-refractivity contribution in [2.24, 2.45) is 0 Å². The second-order valence-corrected chi connectivity index (χ2v) is 10.4. The maximum Gasteiger partial charge on any atom is 0.164 e. The van der Waals surface area contributed by atoms with Crippen LogP contribution in [-0.2, 0) is 0 Å². The second-order valence-electron chi connectivity index (χ2n) is 9.85. The number of nitrogens with zero attached hydrogens (tertiary/aromatic N) is 6. The standard InChI is InChI=1S/C34H13F3N6S/c35-29-24(15-39)30(36)27(31(37)25(29)16-40)19-10-8-18(9-11-19)22-13-23-28(34-33(22)42-44-43-34)21-6-1-2-7-26(21)41-32(23)20-5-3-4-17(12-20)14-38/h1-13H.